The van der Waals surface area contributed by atoms with E-state index in [1.165, 1.54) is 20.3 Å². The van der Waals surface area contributed by atoms with Gasteiger partial charge in [-0.2, -0.15) is 0 Å². The molecule has 6 nitrogen and oxygen atoms in total. The fourth-order valence-electron chi connectivity index (χ4n) is 2.83. The van der Waals surface area contributed by atoms with Crippen LogP contribution < -0.4 is 10.4 Å². The van der Waals surface area contributed by atoms with Gasteiger partial charge >= 0.3 is 11.6 Å². The number of rotatable bonds is 5. The molecule has 1 aromatic heterocycles. The highest BCUT2D eigenvalue weighted by molar-refractivity contribution is 5.95. The van der Waals surface area contributed by atoms with Crippen LogP contribution in [0.2, 0.25) is 0 Å². The van der Waals surface area contributed by atoms with Gasteiger partial charge in [0.05, 0.1) is 20.1 Å². The maximum Gasteiger partial charge on any atom is 0.336 e. The number of carbonyl (C=O) groups is 2. The molecule has 0 saturated carbocycles. The Bertz CT molecular complexity index is 901. The second kappa shape index (κ2) is 7.32. The van der Waals surface area contributed by atoms with E-state index < -0.39 is 22.9 Å². The van der Waals surface area contributed by atoms with Gasteiger partial charge in [0.2, 0.25) is 0 Å². The molecule has 0 spiro atoms. The van der Waals surface area contributed by atoms with Gasteiger partial charge in [-0.15, -0.1) is 0 Å². The number of methoxy groups -OCH3 is 2. The summed E-state index contributed by atoms with van der Waals surface area (Å²) in [6.07, 6.45) is -0.0558. The number of ketones is 1. The van der Waals surface area contributed by atoms with E-state index in [9.17, 15) is 14.4 Å². The molecular weight excluding hydrogens is 336 g/mol. The third-order valence-electron chi connectivity index (χ3n) is 4.45. The van der Waals surface area contributed by atoms with E-state index in [1.807, 2.05) is 0 Å². The molecule has 0 aliphatic carbocycles. The van der Waals surface area contributed by atoms with E-state index in [-0.39, 0.29) is 12.2 Å². The summed E-state index contributed by atoms with van der Waals surface area (Å²) < 4.78 is 15.5. The number of fused-ring (bicyclic) bond motifs is 1. The summed E-state index contributed by atoms with van der Waals surface area (Å²) in [5.74, 6) is -0.980. The highest BCUT2D eigenvalue weighted by Crippen LogP contribution is 2.34. The second-order valence-corrected chi connectivity index (χ2v) is 7.24. The Morgan fingerprint density at radius 3 is 2.38 bits per heavy atom. The lowest BCUT2D eigenvalue weighted by Gasteiger charge is -2.22. The molecule has 1 unspecified atom stereocenters. The number of hydrogen-bond donors (Lipinski definition) is 0. The molecule has 1 heterocycles. The topological polar surface area (TPSA) is 82.8 Å². The van der Waals surface area contributed by atoms with Gasteiger partial charge in [-0.05, 0) is 24.6 Å². The maximum atomic E-state index is 12.5. The summed E-state index contributed by atoms with van der Waals surface area (Å²) in [4.78, 5) is 37.0. The molecule has 1 aromatic carbocycles. The average molecular weight is 360 g/mol. The Balaban J connectivity index is 2.70. The first-order chi connectivity index (χ1) is 12.1. The van der Waals surface area contributed by atoms with Crippen molar-refractivity contribution in [2.45, 2.75) is 40.0 Å². The number of benzene rings is 1. The fraction of sp³-hybridized carbons (Fsp3) is 0.450. The zero-order chi connectivity index (χ0) is 19.6. The van der Waals surface area contributed by atoms with Crippen molar-refractivity contribution in [2.75, 3.05) is 14.2 Å². The van der Waals surface area contributed by atoms with Gasteiger partial charge in [0.25, 0.3) is 0 Å². The first-order valence-electron chi connectivity index (χ1n) is 8.32. The van der Waals surface area contributed by atoms with Gasteiger partial charge in [0.1, 0.15) is 17.1 Å². The molecule has 2 aromatic rings. The molecule has 140 valence electrons. The first-order valence-corrected chi connectivity index (χ1v) is 8.32. The summed E-state index contributed by atoms with van der Waals surface area (Å²) in [5, 5.41) is 0.583. The van der Waals surface area contributed by atoms with Crippen LogP contribution in [0.25, 0.3) is 11.0 Å². The summed E-state index contributed by atoms with van der Waals surface area (Å²) in [6.45, 7) is 7.13. The number of hydrogen-bond acceptors (Lipinski definition) is 6. The number of Topliss-reactive ketones (excluding diaryl/α,β-unsaturated/α-hetero) is 1. The summed E-state index contributed by atoms with van der Waals surface area (Å²) in [6, 6.07) is 4.71. The average Bonchev–Trinajstić information content (AvgIpc) is 2.58. The van der Waals surface area contributed by atoms with E-state index in [2.05, 4.69) is 0 Å². The first kappa shape index (κ1) is 19.7. The van der Waals surface area contributed by atoms with E-state index in [4.69, 9.17) is 13.9 Å². The van der Waals surface area contributed by atoms with Crippen LogP contribution in [-0.4, -0.2) is 26.0 Å². The van der Waals surface area contributed by atoms with Gasteiger partial charge in [-0.25, -0.2) is 4.79 Å². The lowest BCUT2D eigenvalue weighted by atomic mass is 9.82. The van der Waals surface area contributed by atoms with Crippen LogP contribution >= 0.6 is 0 Å². The van der Waals surface area contributed by atoms with Crippen LogP contribution in [-0.2, 0) is 14.3 Å². The Labute approximate surface area is 152 Å². The van der Waals surface area contributed by atoms with Gasteiger partial charge < -0.3 is 13.9 Å². The van der Waals surface area contributed by atoms with Crippen molar-refractivity contribution >= 4 is 22.7 Å². The Morgan fingerprint density at radius 2 is 1.85 bits per heavy atom. The van der Waals surface area contributed by atoms with Gasteiger partial charge in [-0.1, -0.05) is 20.8 Å². The second-order valence-electron chi connectivity index (χ2n) is 7.24. The molecule has 0 bridgehead atoms. The highest BCUT2D eigenvalue weighted by Gasteiger charge is 2.32. The molecule has 0 fully saturated rings. The molecule has 0 N–H and O–H groups in total. The van der Waals surface area contributed by atoms with Crippen molar-refractivity contribution < 1.29 is 23.5 Å². The zero-order valence-corrected chi connectivity index (χ0v) is 16.0. The minimum atomic E-state index is -0.883. The van der Waals surface area contributed by atoms with Crippen LogP contribution in [0, 0.1) is 12.3 Å². The third-order valence-corrected chi connectivity index (χ3v) is 4.45. The molecule has 0 radical (unpaired) electrons. The lowest BCUT2D eigenvalue weighted by molar-refractivity contribution is -0.144. The molecule has 1 atom stereocenters. The highest BCUT2D eigenvalue weighted by atomic mass is 16.5. The van der Waals surface area contributed by atoms with Crippen molar-refractivity contribution in [3.63, 3.8) is 0 Å². The van der Waals surface area contributed by atoms with Gasteiger partial charge in [-0.3, -0.25) is 9.59 Å². The van der Waals surface area contributed by atoms with Crippen LogP contribution in [0.1, 0.15) is 44.2 Å². The monoisotopic (exact) mass is 360 g/mol. The largest absolute Gasteiger partial charge is 0.496 e. The third kappa shape index (κ3) is 3.79. The van der Waals surface area contributed by atoms with Crippen LogP contribution in [0.3, 0.4) is 0 Å². The maximum absolute atomic E-state index is 12.5. The molecule has 0 aliphatic rings. The molecule has 6 heteroatoms. The van der Waals surface area contributed by atoms with E-state index in [0.29, 0.717) is 27.8 Å². The van der Waals surface area contributed by atoms with Crippen molar-refractivity contribution in [3.8, 4) is 5.75 Å². The molecule has 0 amide bonds. The van der Waals surface area contributed by atoms with Gasteiger partial charge in [0, 0.05) is 28.9 Å². The van der Waals surface area contributed by atoms with Crippen molar-refractivity contribution in [1.29, 1.82) is 0 Å². The summed E-state index contributed by atoms with van der Waals surface area (Å²) in [5.41, 5.74) is 0.201. The van der Waals surface area contributed by atoms with Crippen molar-refractivity contribution in [1.82, 2.24) is 0 Å². The van der Waals surface area contributed by atoms with Crippen LogP contribution in [0.15, 0.2) is 27.4 Å². The minimum absolute atomic E-state index is 0.0558. The van der Waals surface area contributed by atoms with Crippen molar-refractivity contribution in [3.05, 3.63) is 39.7 Å². The van der Waals surface area contributed by atoms with E-state index in [0.717, 1.165) is 0 Å². The summed E-state index contributed by atoms with van der Waals surface area (Å²) in [7, 11) is 2.79. The number of ether oxygens (including phenoxy) is 2. The quantitative estimate of drug-likeness (QED) is 0.600. The molecule has 0 saturated heterocycles. The zero-order valence-electron chi connectivity index (χ0n) is 16.0. The number of esters is 1. The summed E-state index contributed by atoms with van der Waals surface area (Å²) >= 11 is 0. The lowest BCUT2D eigenvalue weighted by Crippen LogP contribution is -2.26. The normalized spacial score (nSPS) is 12.7. The minimum Gasteiger partial charge on any atom is -0.496 e. The smallest absolute Gasteiger partial charge is 0.336 e. The van der Waals surface area contributed by atoms with E-state index in [1.54, 1.807) is 39.8 Å². The number of carbonyl (C=O) groups excluding carboxylic acids is 2. The Morgan fingerprint density at radius 1 is 1.19 bits per heavy atom. The molecule has 26 heavy (non-hydrogen) atoms. The molecule has 0 aliphatic heterocycles. The Kier molecular flexibility index (Phi) is 5.54. The predicted molar refractivity (Wildman–Crippen MR) is 97.6 cm³/mol. The van der Waals surface area contributed by atoms with Crippen LogP contribution in [0.5, 0.6) is 5.75 Å². The van der Waals surface area contributed by atoms with Gasteiger partial charge in [0.15, 0.2) is 0 Å². The Hall–Kier alpha value is -2.63. The fourth-order valence-corrected chi connectivity index (χ4v) is 2.83. The van der Waals surface area contributed by atoms with E-state index >= 15 is 0 Å². The van der Waals surface area contributed by atoms with Crippen molar-refractivity contribution in [2.24, 2.45) is 5.41 Å². The molecule has 2 rings (SSSR count). The predicted octanol–water partition coefficient (Wildman–Crippen LogP) is 3.37. The van der Waals surface area contributed by atoms with Crippen LogP contribution in [0.4, 0.5) is 0 Å². The SMILES string of the molecule is COC(=O)C(CC(=O)C(C)(C)C)c1cc(=O)oc2c(C)c(OC)ccc12. The standard InChI is InChI=1S/C20H24O6/c1-11-15(24-5)8-7-12-13(10-17(22)26-18(11)12)14(19(23)25-6)9-16(21)20(2,3)4/h7-8,10,14H,9H2,1-6H3. The number of aryl methyl sites for hydroxylation is 1. The molecular formula is C20H24O6.